The standard InChI is InChI=1S/C10H10O4/c1-13-10(12)9-4-6-2-3-7(11)5-8(6)14-9/h2-3,5,9,11H,4H2,1H3/t9-/m0/s1. The van der Waals surface area contributed by atoms with E-state index in [1.54, 1.807) is 12.1 Å². The molecule has 0 spiro atoms. The van der Waals surface area contributed by atoms with Gasteiger partial charge < -0.3 is 14.6 Å². The Morgan fingerprint density at radius 2 is 2.43 bits per heavy atom. The van der Waals surface area contributed by atoms with E-state index in [4.69, 9.17) is 4.74 Å². The van der Waals surface area contributed by atoms with Crippen molar-refractivity contribution < 1.29 is 19.4 Å². The molecule has 74 valence electrons. The third-order valence-electron chi connectivity index (χ3n) is 2.19. The molecule has 0 unspecified atom stereocenters. The highest BCUT2D eigenvalue weighted by Crippen LogP contribution is 2.32. The minimum atomic E-state index is -0.572. The first-order valence-corrected chi connectivity index (χ1v) is 4.27. The number of hydrogen-bond acceptors (Lipinski definition) is 4. The molecule has 0 fully saturated rings. The van der Waals surface area contributed by atoms with Gasteiger partial charge in [0, 0.05) is 12.5 Å². The molecule has 0 saturated heterocycles. The van der Waals surface area contributed by atoms with Crippen molar-refractivity contribution in [3.05, 3.63) is 23.8 Å². The monoisotopic (exact) mass is 194 g/mol. The Morgan fingerprint density at radius 1 is 1.64 bits per heavy atom. The zero-order valence-corrected chi connectivity index (χ0v) is 7.69. The number of esters is 1. The van der Waals surface area contributed by atoms with E-state index in [-0.39, 0.29) is 11.7 Å². The summed E-state index contributed by atoms with van der Waals surface area (Å²) in [6.45, 7) is 0. The van der Waals surface area contributed by atoms with Gasteiger partial charge in [0.25, 0.3) is 0 Å². The second-order valence-electron chi connectivity index (χ2n) is 3.13. The fourth-order valence-corrected chi connectivity index (χ4v) is 1.48. The van der Waals surface area contributed by atoms with Crippen molar-refractivity contribution in [2.45, 2.75) is 12.5 Å². The molecule has 0 aromatic heterocycles. The van der Waals surface area contributed by atoms with Crippen molar-refractivity contribution in [2.75, 3.05) is 7.11 Å². The Bertz CT molecular complexity index is 372. The molecule has 1 aromatic rings. The maximum Gasteiger partial charge on any atom is 0.347 e. The van der Waals surface area contributed by atoms with Crippen molar-refractivity contribution >= 4 is 5.97 Å². The van der Waals surface area contributed by atoms with E-state index in [0.29, 0.717) is 12.2 Å². The van der Waals surface area contributed by atoms with Crippen molar-refractivity contribution in [3.8, 4) is 11.5 Å². The van der Waals surface area contributed by atoms with Gasteiger partial charge in [-0.05, 0) is 11.6 Å². The zero-order chi connectivity index (χ0) is 10.1. The Morgan fingerprint density at radius 3 is 3.14 bits per heavy atom. The fraction of sp³-hybridized carbons (Fsp3) is 0.300. The molecule has 0 aliphatic carbocycles. The van der Waals surface area contributed by atoms with Crippen LogP contribution in [0.15, 0.2) is 18.2 Å². The molecule has 1 aliphatic heterocycles. The quantitative estimate of drug-likeness (QED) is 0.674. The molecule has 1 atom stereocenters. The largest absolute Gasteiger partial charge is 0.508 e. The van der Waals surface area contributed by atoms with Crippen LogP contribution in [-0.2, 0) is 16.0 Å². The minimum Gasteiger partial charge on any atom is -0.508 e. The summed E-state index contributed by atoms with van der Waals surface area (Å²) in [7, 11) is 1.33. The summed E-state index contributed by atoms with van der Waals surface area (Å²) < 4.78 is 9.88. The van der Waals surface area contributed by atoms with Crippen LogP contribution >= 0.6 is 0 Å². The van der Waals surface area contributed by atoms with Crippen LogP contribution < -0.4 is 4.74 Å². The normalized spacial score (nSPS) is 18.5. The van der Waals surface area contributed by atoms with Gasteiger partial charge >= 0.3 is 5.97 Å². The van der Waals surface area contributed by atoms with Gasteiger partial charge in [-0.3, -0.25) is 0 Å². The summed E-state index contributed by atoms with van der Waals surface area (Å²) in [5, 5.41) is 9.18. The number of methoxy groups -OCH3 is 1. The van der Waals surface area contributed by atoms with Crippen LogP contribution in [0.1, 0.15) is 5.56 Å². The van der Waals surface area contributed by atoms with Gasteiger partial charge in [-0.2, -0.15) is 0 Å². The van der Waals surface area contributed by atoms with E-state index >= 15 is 0 Å². The third kappa shape index (κ3) is 1.39. The van der Waals surface area contributed by atoms with E-state index in [2.05, 4.69) is 4.74 Å². The number of hydrogen-bond donors (Lipinski definition) is 1. The number of fused-ring (bicyclic) bond motifs is 1. The van der Waals surface area contributed by atoms with E-state index in [1.165, 1.54) is 13.2 Å². The van der Waals surface area contributed by atoms with Crippen molar-refractivity contribution in [1.29, 1.82) is 0 Å². The molecule has 4 nitrogen and oxygen atoms in total. The highest BCUT2D eigenvalue weighted by Gasteiger charge is 2.29. The van der Waals surface area contributed by atoms with Crippen LogP contribution in [0.2, 0.25) is 0 Å². The second kappa shape index (κ2) is 3.21. The molecular weight excluding hydrogens is 184 g/mol. The first-order chi connectivity index (χ1) is 6.70. The number of carbonyl (C=O) groups is 1. The summed E-state index contributed by atoms with van der Waals surface area (Å²) in [6, 6.07) is 4.81. The molecule has 1 aromatic carbocycles. The summed E-state index contributed by atoms with van der Waals surface area (Å²) in [5.41, 5.74) is 0.915. The van der Waals surface area contributed by atoms with Gasteiger partial charge in [-0.15, -0.1) is 0 Å². The third-order valence-corrected chi connectivity index (χ3v) is 2.19. The van der Waals surface area contributed by atoms with Crippen LogP contribution in [0.3, 0.4) is 0 Å². The van der Waals surface area contributed by atoms with Gasteiger partial charge in [-0.1, -0.05) is 6.07 Å². The lowest BCUT2D eigenvalue weighted by Crippen LogP contribution is -2.26. The van der Waals surface area contributed by atoms with E-state index in [1.807, 2.05) is 0 Å². The molecule has 0 saturated carbocycles. The van der Waals surface area contributed by atoms with Gasteiger partial charge in [0.1, 0.15) is 11.5 Å². The number of rotatable bonds is 1. The average Bonchev–Trinajstić information content (AvgIpc) is 2.59. The predicted octanol–water partition coefficient (Wildman–Crippen LogP) is 0.869. The van der Waals surface area contributed by atoms with Crippen LogP contribution in [0.4, 0.5) is 0 Å². The summed E-state index contributed by atoms with van der Waals surface area (Å²) in [4.78, 5) is 11.2. The van der Waals surface area contributed by atoms with Crippen molar-refractivity contribution in [1.82, 2.24) is 0 Å². The van der Waals surface area contributed by atoms with E-state index in [0.717, 1.165) is 5.56 Å². The molecule has 0 bridgehead atoms. The average molecular weight is 194 g/mol. The number of phenols is 1. The molecule has 14 heavy (non-hydrogen) atoms. The van der Waals surface area contributed by atoms with E-state index in [9.17, 15) is 9.90 Å². The smallest absolute Gasteiger partial charge is 0.347 e. The van der Waals surface area contributed by atoms with Crippen LogP contribution in [0, 0.1) is 0 Å². The maximum atomic E-state index is 11.2. The predicted molar refractivity (Wildman–Crippen MR) is 48.2 cm³/mol. The lowest BCUT2D eigenvalue weighted by atomic mass is 10.1. The highest BCUT2D eigenvalue weighted by molar-refractivity contribution is 5.76. The first kappa shape index (κ1) is 8.87. The van der Waals surface area contributed by atoms with Gasteiger partial charge in [0.15, 0.2) is 6.10 Å². The SMILES string of the molecule is COC(=O)[C@@H]1Cc2ccc(O)cc2O1. The highest BCUT2D eigenvalue weighted by atomic mass is 16.6. The minimum absolute atomic E-state index is 0.134. The number of aromatic hydroxyl groups is 1. The van der Waals surface area contributed by atoms with Crippen LogP contribution in [-0.4, -0.2) is 24.3 Å². The lowest BCUT2D eigenvalue weighted by Gasteiger charge is -2.06. The molecule has 4 heteroatoms. The number of phenolic OH excluding ortho intramolecular Hbond substituents is 1. The molecular formula is C10H10O4. The Hall–Kier alpha value is -1.71. The molecule has 1 N–H and O–H groups in total. The maximum absolute atomic E-state index is 11.2. The molecule has 1 aliphatic rings. The van der Waals surface area contributed by atoms with Gasteiger partial charge in [-0.25, -0.2) is 4.79 Å². The Balaban J connectivity index is 2.22. The number of benzene rings is 1. The van der Waals surface area contributed by atoms with Crippen molar-refractivity contribution in [3.63, 3.8) is 0 Å². The Labute approximate surface area is 81.1 Å². The Kier molecular flexibility index (Phi) is 2.04. The zero-order valence-electron chi connectivity index (χ0n) is 7.69. The summed E-state index contributed by atoms with van der Waals surface area (Å²) in [5.74, 6) is 0.301. The van der Waals surface area contributed by atoms with Gasteiger partial charge in [0.05, 0.1) is 7.11 Å². The number of ether oxygens (including phenoxy) is 2. The topological polar surface area (TPSA) is 55.8 Å². The van der Waals surface area contributed by atoms with Crippen LogP contribution in [0.5, 0.6) is 11.5 Å². The van der Waals surface area contributed by atoms with Gasteiger partial charge in [0.2, 0.25) is 0 Å². The summed E-state index contributed by atoms with van der Waals surface area (Å²) >= 11 is 0. The lowest BCUT2D eigenvalue weighted by molar-refractivity contribution is -0.147. The first-order valence-electron chi connectivity index (χ1n) is 4.27. The van der Waals surface area contributed by atoms with Crippen molar-refractivity contribution in [2.24, 2.45) is 0 Å². The molecule has 2 rings (SSSR count). The van der Waals surface area contributed by atoms with E-state index < -0.39 is 6.10 Å². The summed E-state index contributed by atoms with van der Waals surface area (Å²) in [6.07, 6.45) is -0.0701. The number of carbonyl (C=O) groups excluding carboxylic acids is 1. The fourth-order valence-electron chi connectivity index (χ4n) is 1.48. The molecule has 0 amide bonds. The molecule has 0 radical (unpaired) electrons. The second-order valence-corrected chi connectivity index (χ2v) is 3.13. The van der Waals surface area contributed by atoms with Crippen LogP contribution in [0.25, 0.3) is 0 Å². The molecule has 1 heterocycles.